The van der Waals surface area contributed by atoms with Crippen molar-refractivity contribution in [1.82, 2.24) is 0 Å². The lowest BCUT2D eigenvalue weighted by molar-refractivity contribution is -0.384. The maximum Gasteiger partial charge on any atom is 0.411 e. The third-order valence-corrected chi connectivity index (χ3v) is 2.35. The van der Waals surface area contributed by atoms with Gasteiger partial charge in [-0.1, -0.05) is 11.6 Å². The molecule has 1 N–H and O–H groups in total. The van der Waals surface area contributed by atoms with Crippen LogP contribution < -0.4 is 5.32 Å². The highest BCUT2D eigenvalue weighted by atomic mass is 35.5. The van der Waals surface area contributed by atoms with Crippen molar-refractivity contribution in [2.24, 2.45) is 0 Å². The van der Waals surface area contributed by atoms with Gasteiger partial charge < -0.3 is 10.1 Å². The van der Waals surface area contributed by atoms with Crippen LogP contribution in [0.15, 0.2) is 12.1 Å². The van der Waals surface area contributed by atoms with E-state index < -0.39 is 29.2 Å². The molecule has 0 unspecified atom stereocenters. The van der Waals surface area contributed by atoms with E-state index in [1.807, 2.05) is 0 Å². The number of nitrogens with zero attached hydrogens (tertiary/aromatic N) is 1. The predicted octanol–water partition coefficient (Wildman–Crippen LogP) is 3.38. The first-order valence-electron chi connectivity index (χ1n) is 5.22. The summed E-state index contributed by atoms with van der Waals surface area (Å²) in [4.78, 5) is 9.85. The van der Waals surface area contributed by atoms with E-state index in [1.165, 1.54) is 0 Å². The Balaban J connectivity index is 2.59. The molecule has 5 nitrogen and oxygen atoms in total. The fourth-order valence-electron chi connectivity index (χ4n) is 1.27. The molecule has 1 aromatic carbocycles. The second-order valence-corrected chi connectivity index (χ2v) is 4.04. The second kappa shape index (κ2) is 6.71. The minimum Gasteiger partial charge on any atom is -0.377 e. The van der Waals surface area contributed by atoms with Gasteiger partial charge in [0, 0.05) is 6.54 Å². The van der Waals surface area contributed by atoms with Gasteiger partial charge in [0.1, 0.15) is 18.1 Å². The molecule has 112 valence electrons. The number of nitro benzene ring substituents is 1. The number of hydrogen-bond acceptors (Lipinski definition) is 4. The van der Waals surface area contributed by atoms with E-state index in [1.54, 1.807) is 0 Å². The molecule has 0 spiro atoms. The third kappa shape index (κ3) is 5.17. The molecule has 0 saturated carbocycles. The van der Waals surface area contributed by atoms with Crippen molar-refractivity contribution < 1.29 is 27.2 Å². The van der Waals surface area contributed by atoms with E-state index in [4.69, 9.17) is 11.6 Å². The molecule has 10 heteroatoms. The van der Waals surface area contributed by atoms with E-state index in [0.717, 1.165) is 6.07 Å². The quantitative estimate of drug-likeness (QED) is 0.378. The van der Waals surface area contributed by atoms with E-state index in [2.05, 4.69) is 10.1 Å². The summed E-state index contributed by atoms with van der Waals surface area (Å²) < 4.78 is 52.7. The summed E-state index contributed by atoms with van der Waals surface area (Å²) in [6.07, 6.45) is -4.44. The molecule has 0 heterocycles. The molecule has 1 rings (SSSR count). The van der Waals surface area contributed by atoms with Crippen LogP contribution in [0.2, 0.25) is 5.02 Å². The van der Waals surface area contributed by atoms with E-state index in [9.17, 15) is 27.7 Å². The predicted molar refractivity (Wildman–Crippen MR) is 63.4 cm³/mol. The van der Waals surface area contributed by atoms with Gasteiger partial charge in [0.2, 0.25) is 0 Å². The zero-order valence-corrected chi connectivity index (χ0v) is 10.6. The Morgan fingerprint density at radius 1 is 1.40 bits per heavy atom. The molecule has 0 radical (unpaired) electrons. The number of rotatable bonds is 6. The molecule has 0 amide bonds. The van der Waals surface area contributed by atoms with Crippen molar-refractivity contribution in [3.63, 3.8) is 0 Å². The highest BCUT2D eigenvalue weighted by Gasteiger charge is 2.27. The lowest BCUT2D eigenvalue weighted by atomic mass is 10.2. The number of alkyl halides is 3. The van der Waals surface area contributed by atoms with Crippen LogP contribution in [0.5, 0.6) is 0 Å². The molecule has 0 aromatic heterocycles. The van der Waals surface area contributed by atoms with Gasteiger partial charge in [0.05, 0.1) is 22.6 Å². The highest BCUT2D eigenvalue weighted by Crippen LogP contribution is 2.30. The summed E-state index contributed by atoms with van der Waals surface area (Å²) >= 11 is 5.47. The van der Waals surface area contributed by atoms with Crippen LogP contribution in [0.3, 0.4) is 0 Å². The molecule has 20 heavy (non-hydrogen) atoms. The standard InChI is InChI=1S/C10H9ClF4N2O3/c11-6-3-8(9(17(18)19)4-7(6)12)16-1-2-20-5-10(13,14)15/h3-4,16H,1-2,5H2. The summed E-state index contributed by atoms with van der Waals surface area (Å²) in [6.45, 7) is -1.87. The van der Waals surface area contributed by atoms with E-state index in [-0.39, 0.29) is 23.9 Å². The SMILES string of the molecule is O=[N+]([O-])c1cc(F)c(Cl)cc1NCCOCC(F)(F)F. The molecular formula is C10H9ClF4N2O3. The van der Waals surface area contributed by atoms with Crippen molar-refractivity contribution in [3.05, 3.63) is 33.1 Å². The van der Waals surface area contributed by atoms with Crippen LogP contribution >= 0.6 is 11.6 Å². The first kappa shape index (κ1) is 16.4. The molecule has 0 saturated heterocycles. The Morgan fingerprint density at radius 3 is 2.60 bits per heavy atom. The molecule has 0 aliphatic heterocycles. The summed E-state index contributed by atoms with van der Waals surface area (Å²) in [5, 5.41) is 12.8. The number of nitro groups is 1. The van der Waals surface area contributed by atoms with E-state index >= 15 is 0 Å². The van der Waals surface area contributed by atoms with Crippen LogP contribution in [0.4, 0.5) is 28.9 Å². The first-order chi connectivity index (χ1) is 9.20. The Morgan fingerprint density at radius 2 is 2.05 bits per heavy atom. The van der Waals surface area contributed by atoms with Gasteiger partial charge in [0.25, 0.3) is 5.69 Å². The summed E-state index contributed by atoms with van der Waals surface area (Å²) in [7, 11) is 0. The van der Waals surface area contributed by atoms with Gasteiger partial charge in [-0.05, 0) is 6.07 Å². The Hall–Kier alpha value is -1.61. The van der Waals surface area contributed by atoms with Gasteiger partial charge in [-0.15, -0.1) is 0 Å². The maximum atomic E-state index is 13.1. The molecule has 0 aliphatic rings. The fourth-order valence-corrected chi connectivity index (χ4v) is 1.44. The van der Waals surface area contributed by atoms with Crippen LogP contribution in [-0.2, 0) is 4.74 Å². The Labute approximate surface area is 115 Å². The molecule has 0 aliphatic carbocycles. The molecule has 0 fully saturated rings. The van der Waals surface area contributed by atoms with Gasteiger partial charge in [-0.25, -0.2) is 4.39 Å². The van der Waals surface area contributed by atoms with Gasteiger partial charge >= 0.3 is 6.18 Å². The second-order valence-electron chi connectivity index (χ2n) is 3.64. The maximum absolute atomic E-state index is 13.1. The Kier molecular flexibility index (Phi) is 5.52. The number of anilines is 1. The third-order valence-electron chi connectivity index (χ3n) is 2.06. The van der Waals surface area contributed by atoms with Gasteiger partial charge in [-0.2, -0.15) is 13.2 Å². The monoisotopic (exact) mass is 316 g/mol. The average molecular weight is 317 g/mol. The van der Waals surface area contributed by atoms with Crippen LogP contribution in [0.25, 0.3) is 0 Å². The summed E-state index contributed by atoms with van der Waals surface area (Å²) in [6, 6.07) is 1.61. The summed E-state index contributed by atoms with van der Waals surface area (Å²) in [5.74, 6) is -0.961. The number of nitrogens with one attached hydrogen (secondary N) is 1. The topological polar surface area (TPSA) is 64.4 Å². The van der Waals surface area contributed by atoms with Crippen molar-refractivity contribution in [2.75, 3.05) is 25.1 Å². The van der Waals surface area contributed by atoms with Crippen LogP contribution in [0.1, 0.15) is 0 Å². The summed E-state index contributed by atoms with van der Waals surface area (Å²) in [5.41, 5.74) is -0.667. The van der Waals surface area contributed by atoms with Crippen LogP contribution in [0, 0.1) is 15.9 Å². The van der Waals surface area contributed by atoms with Crippen molar-refractivity contribution in [3.8, 4) is 0 Å². The van der Waals surface area contributed by atoms with Crippen molar-refractivity contribution in [1.29, 1.82) is 0 Å². The molecular weight excluding hydrogens is 308 g/mol. The van der Waals surface area contributed by atoms with Crippen molar-refractivity contribution in [2.45, 2.75) is 6.18 Å². The number of benzene rings is 1. The molecule has 1 aromatic rings. The first-order valence-corrected chi connectivity index (χ1v) is 5.60. The minimum atomic E-state index is -4.44. The largest absolute Gasteiger partial charge is 0.411 e. The molecule has 0 atom stereocenters. The van der Waals surface area contributed by atoms with Gasteiger partial charge in [0.15, 0.2) is 0 Å². The van der Waals surface area contributed by atoms with Crippen LogP contribution in [-0.4, -0.2) is 30.9 Å². The number of halogens is 5. The Bertz CT molecular complexity index is 496. The zero-order valence-electron chi connectivity index (χ0n) is 9.84. The zero-order chi connectivity index (χ0) is 15.3. The molecule has 0 bridgehead atoms. The van der Waals surface area contributed by atoms with E-state index in [0.29, 0.717) is 6.07 Å². The van der Waals surface area contributed by atoms with Gasteiger partial charge in [-0.3, -0.25) is 10.1 Å². The number of hydrogen-bond donors (Lipinski definition) is 1. The number of ether oxygens (including phenoxy) is 1. The lowest BCUT2D eigenvalue weighted by Gasteiger charge is -2.10. The minimum absolute atomic E-state index is 0.1000. The average Bonchev–Trinajstić information content (AvgIpc) is 2.31. The normalized spacial score (nSPS) is 11.4. The fraction of sp³-hybridized carbons (Fsp3) is 0.400. The highest BCUT2D eigenvalue weighted by molar-refractivity contribution is 6.31. The van der Waals surface area contributed by atoms with Crippen molar-refractivity contribution >= 4 is 23.0 Å². The smallest absolute Gasteiger partial charge is 0.377 e. The lowest BCUT2D eigenvalue weighted by Crippen LogP contribution is -2.20.